The monoisotopic (exact) mass is 421 g/mol. The van der Waals surface area contributed by atoms with Crippen molar-refractivity contribution in [2.45, 2.75) is 51.0 Å². The van der Waals surface area contributed by atoms with Crippen molar-refractivity contribution in [3.8, 4) is 11.3 Å². The number of hydrogen-bond acceptors (Lipinski definition) is 4. The zero-order chi connectivity index (χ0) is 21.6. The maximum absolute atomic E-state index is 13.0. The van der Waals surface area contributed by atoms with Crippen LogP contribution in [-0.4, -0.2) is 28.3 Å². The van der Waals surface area contributed by atoms with Crippen LogP contribution < -0.4 is 16.4 Å². The molecule has 1 aliphatic carbocycles. The van der Waals surface area contributed by atoms with Crippen molar-refractivity contribution < 1.29 is 9.59 Å². The number of carbonyl (C=O) groups is 2. The lowest BCUT2D eigenvalue weighted by molar-refractivity contribution is -0.127. The van der Waals surface area contributed by atoms with Gasteiger partial charge in [0.25, 0.3) is 0 Å². The Morgan fingerprint density at radius 1 is 1.16 bits per heavy atom. The van der Waals surface area contributed by atoms with E-state index in [0.29, 0.717) is 31.7 Å². The number of H-pyrrole nitrogens is 1. The van der Waals surface area contributed by atoms with E-state index in [0.717, 1.165) is 48.5 Å². The zero-order valence-electron chi connectivity index (χ0n) is 17.8. The molecule has 2 bridgehead atoms. The van der Waals surface area contributed by atoms with Crippen LogP contribution >= 0.6 is 0 Å². The van der Waals surface area contributed by atoms with Crippen molar-refractivity contribution in [3.05, 3.63) is 48.4 Å². The molecule has 2 heterocycles. The van der Waals surface area contributed by atoms with Crippen LogP contribution in [0.5, 0.6) is 0 Å². The molecule has 7 heteroatoms. The van der Waals surface area contributed by atoms with Gasteiger partial charge in [-0.15, -0.1) is 0 Å². The number of allylic oxidation sites excluding steroid dienone is 1. The summed E-state index contributed by atoms with van der Waals surface area (Å²) in [6, 6.07) is 7.44. The van der Waals surface area contributed by atoms with Gasteiger partial charge < -0.3 is 21.4 Å². The average molecular weight is 422 g/mol. The highest BCUT2D eigenvalue weighted by Crippen LogP contribution is 2.31. The van der Waals surface area contributed by atoms with Gasteiger partial charge in [0.15, 0.2) is 0 Å². The Balaban J connectivity index is 1.55. The van der Waals surface area contributed by atoms with E-state index in [1.807, 2.05) is 36.4 Å². The van der Waals surface area contributed by atoms with Gasteiger partial charge in [-0.1, -0.05) is 30.4 Å². The molecule has 0 saturated heterocycles. The number of para-hydroxylation sites is 1. The third-order valence-electron chi connectivity index (χ3n) is 6.36. The summed E-state index contributed by atoms with van der Waals surface area (Å²) in [6.07, 6.45) is 11.3. The van der Waals surface area contributed by atoms with Gasteiger partial charge in [0.2, 0.25) is 11.8 Å². The number of hydrogen-bond donors (Lipinski definition) is 4. The van der Waals surface area contributed by atoms with Crippen molar-refractivity contribution in [1.29, 1.82) is 0 Å². The van der Waals surface area contributed by atoms with E-state index in [9.17, 15) is 9.59 Å². The van der Waals surface area contributed by atoms with E-state index in [-0.39, 0.29) is 23.8 Å². The molecule has 5 N–H and O–H groups in total. The summed E-state index contributed by atoms with van der Waals surface area (Å²) >= 11 is 0. The molecule has 4 rings (SSSR count). The van der Waals surface area contributed by atoms with Crippen molar-refractivity contribution in [1.82, 2.24) is 15.3 Å². The fraction of sp³-hybridized carbons (Fsp3) is 0.458. The molecule has 2 aromatic rings. The highest BCUT2D eigenvalue weighted by molar-refractivity contribution is 5.95. The second kappa shape index (κ2) is 9.92. The Morgan fingerprint density at radius 3 is 2.77 bits per heavy atom. The van der Waals surface area contributed by atoms with Crippen molar-refractivity contribution in [2.24, 2.45) is 17.6 Å². The summed E-state index contributed by atoms with van der Waals surface area (Å²) in [5.41, 5.74) is 8.24. The van der Waals surface area contributed by atoms with Gasteiger partial charge in [-0.3, -0.25) is 9.59 Å². The fourth-order valence-electron chi connectivity index (χ4n) is 4.44. The molecule has 0 spiro atoms. The number of aromatic amines is 1. The lowest BCUT2D eigenvalue weighted by Crippen LogP contribution is -2.36. The first-order chi connectivity index (χ1) is 15.1. The minimum Gasteiger partial charge on any atom is -0.346 e. The van der Waals surface area contributed by atoms with E-state index < -0.39 is 0 Å². The summed E-state index contributed by atoms with van der Waals surface area (Å²) in [7, 11) is 0. The average Bonchev–Trinajstić information content (AvgIpc) is 3.28. The van der Waals surface area contributed by atoms with Crippen molar-refractivity contribution in [3.63, 3.8) is 0 Å². The topological polar surface area (TPSA) is 113 Å². The maximum atomic E-state index is 13.0. The van der Waals surface area contributed by atoms with E-state index in [4.69, 9.17) is 5.73 Å². The molecule has 1 atom stereocenters. The second-order valence-electron chi connectivity index (χ2n) is 8.54. The normalized spacial score (nSPS) is 25.2. The molecule has 7 nitrogen and oxygen atoms in total. The summed E-state index contributed by atoms with van der Waals surface area (Å²) in [5.74, 6) is 1.38. The minimum atomic E-state index is -0.235. The van der Waals surface area contributed by atoms with Gasteiger partial charge in [-0.2, -0.15) is 0 Å². The highest BCUT2D eigenvalue weighted by atomic mass is 16.2. The summed E-state index contributed by atoms with van der Waals surface area (Å²) in [6.45, 7) is 0.704. The van der Waals surface area contributed by atoms with Crippen LogP contribution in [0.4, 0.5) is 5.69 Å². The molecule has 1 aromatic carbocycles. The van der Waals surface area contributed by atoms with Crippen LogP contribution in [0.3, 0.4) is 0 Å². The third-order valence-corrected chi connectivity index (χ3v) is 6.36. The van der Waals surface area contributed by atoms with Crippen LogP contribution in [0, 0.1) is 11.8 Å². The van der Waals surface area contributed by atoms with Gasteiger partial charge in [0.1, 0.15) is 5.82 Å². The smallest absolute Gasteiger partial charge is 0.224 e. The number of fused-ring (bicyclic) bond motifs is 4. The number of nitrogens with zero attached hydrogens (tertiary/aromatic N) is 1. The van der Waals surface area contributed by atoms with E-state index in [1.165, 1.54) is 0 Å². The number of aromatic nitrogens is 2. The minimum absolute atomic E-state index is 0.0194. The number of nitrogens with two attached hydrogens (primary N) is 1. The molecule has 1 aliphatic heterocycles. The Hall–Kier alpha value is -2.93. The molecule has 31 heavy (non-hydrogen) atoms. The number of benzene rings is 1. The van der Waals surface area contributed by atoms with Gasteiger partial charge in [-0.25, -0.2) is 4.98 Å². The lowest BCUT2D eigenvalue weighted by atomic mass is 9.81. The Morgan fingerprint density at radius 2 is 1.97 bits per heavy atom. The Kier molecular flexibility index (Phi) is 6.82. The quantitative estimate of drug-likeness (QED) is 0.566. The Bertz CT molecular complexity index is 943. The second-order valence-corrected chi connectivity index (χ2v) is 8.54. The van der Waals surface area contributed by atoms with Gasteiger partial charge in [-0.05, 0) is 57.1 Å². The largest absolute Gasteiger partial charge is 0.346 e. The number of anilines is 1. The first kappa shape index (κ1) is 21.3. The number of imidazole rings is 1. The van der Waals surface area contributed by atoms with E-state index >= 15 is 0 Å². The molecule has 2 aliphatic rings. The summed E-state index contributed by atoms with van der Waals surface area (Å²) in [4.78, 5) is 33.2. The zero-order valence-corrected chi connectivity index (χ0v) is 17.8. The number of rotatable bonds is 3. The van der Waals surface area contributed by atoms with Crippen molar-refractivity contribution >= 4 is 17.5 Å². The van der Waals surface area contributed by atoms with E-state index in [1.54, 1.807) is 6.20 Å². The third kappa shape index (κ3) is 5.22. The number of carbonyl (C=O) groups excluding carboxylic acids is 2. The fourth-order valence-corrected chi connectivity index (χ4v) is 4.44. The van der Waals surface area contributed by atoms with Crippen LogP contribution in [0.25, 0.3) is 11.3 Å². The van der Waals surface area contributed by atoms with Gasteiger partial charge >= 0.3 is 0 Å². The van der Waals surface area contributed by atoms with Gasteiger partial charge in [0, 0.05) is 17.9 Å². The standard InChI is InChI=1S/C24H31N5O2/c25-14-16-10-12-17(13-11-16)24(31)29-20-8-2-1-3-9-22(30)27-19-7-5-4-6-18(19)21-15-26-23(20)28-21/h1-2,4-7,15-17,20H,3,8-14,25H2,(H,26,28)(H,27,30)(H,29,31)/b2-1+/t16?,17?,20-/m0/s1. The SMILES string of the molecule is NCC1CCC(C(=O)N[C@H]2C/C=C/CCC(=O)Nc3ccccc3-c3cnc2[nH]3)CC1. The molecule has 164 valence electrons. The van der Waals surface area contributed by atoms with Crippen LogP contribution in [0.1, 0.15) is 56.8 Å². The van der Waals surface area contributed by atoms with Gasteiger partial charge in [0.05, 0.1) is 23.6 Å². The Labute approximate surface area is 182 Å². The molecular formula is C24H31N5O2. The maximum Gasteiger partial charge on any atom is 0.224 e. The van der Waals surface area contributed by atoms with Crippen molar-refractivity contribution in [2.75, 3.05) is 11.9 Å². The molecule has 2 amide bonds. The summed E-state index contributed by atoms with van der Waals surface area (Å²) < 4.78 is 0. The molecule has 0 radical (unpaired) electrons. The highest BCUT2D eigenvalue weighted by Gasteiger charge is 2.28. The first-order valence-corrected chi connectivity index (χ1v) is 11.2. The number of amides is 2. The molecule has 0 unspecified atom stereocenters. The van der Waals surface area contributed by atoms with Crippen LogP contribution in [0.15, 0.2) is 42.6 Å². The molecule has 1 saturated carbocycles. The predicted molar refractivity (Wildman–Crippen MR) is 121 cm³/mol. The lowest BCUT2D eigenvalue weighted by Gasteiger charge is -2.28. The molecular weight excluding hydrogens is 390 g/mol. The molecule has 1 fully saturated rings. The van der Waals surface area contributed by atoms with Crippen LogP contribution in [-0.2, 0) is 9.59 Å². The van der Waals surface area contributed by atoms with E-state index in [2.05, 4.69) is 20.6 Å². The predicted octanol–water partition coefficient (Wildman–Crippen LogP) is 3.68. The van der Waals surface area contributed by atoms with Crippen LogP contribution in [0.2, 0.25) is 0 Å². The summed E-state index contributed by atoms with van der Waals surface area (Å²) in [5, 5.41) is 6.21. The molecule has 1 aromatic heterocycles. The first-order valence-electron chi connectivity index (χ1n) is 11.2. The number of nitrogens with one attached hydrogen (secondary N) is 3.